The van der Waals surface area contributed by atoms with E-state index < -0.39 is 12.1 Å². The molecule has 0 fully saturated rings. The summed E-state index contributed by atoms with van der Waals surface area (Å²) in [5.41, 5.74) is 4.62. The highest BCUT2D eigenvalue weighted by Crippen LogP contribution is 2.33. The van der Waals surface area contributed by atoms with Crippen LogP contribution < -0.4 is 9.47 Å². The van der Waals surface area contributed by atoms with Crippen molar-refractivity contribution in [1.82, 2.24) is 14.5 Å². The minimum Gasteiger partial charge on any atom is -0.497 e. The SMILES string of the molecule is COc1ccc(CN(C(=O)c2cn(-c3ccc(Cl)cc3)c(-c3ccccc3Cl)n2)[C@@H]2Cc3ccccc3C[C@H]2O)c(OC)c1. The van der Waals surface area contributed by atoms with Crippen LogP contribution in [0.1, 0.15) is 27.2 Å². The fourth-order valence-corrected chi connectivity index (χ4v) is 6.11. The second kappa shape index (κ2) is 12.7. The monoisotopic (exact) mass is 627 g/mol. The highest BCUT2D eigenvalue weighted by atomic mass is 35.5. The zero-order valence-corrected chi connectivity index (χ0v) is 25.8. The largest absolute Gasteiger partial charge is 0.497 e. The molecule has 1 aromatic heterocycles. The number of hydrogen-bond acceptors (Lipinski definition) is 5. The predicted octanol–water partition coefficient (Wildman–Crippen LogP) is 7.03. The number of nitrogens with zero attached hydrogens (tertiary/aromatic N) is 3. The van der Waals surface area contributed by atoms with Crippen LogP contribution in [0.3, 0.4) is 0 Å². The Hall–Kier alpha value is -4.30. The number of ether oxygens (including phenoxy) is 2. The molecule has 5 aromatic rings. The number of carbonyl (C=O) groups is 1. The summed E-state index contributed by atoms with van der Waals surface area (Å²) in [6.07, 6.45) is 1.87. The van der Waals surface area contributed by atoms with Crippen LogP contribution in [0.2, 0.25) is 10.0 Å². The van der Waals surface area contributed by atoms with Crippen LogP contribution in [0.15, 0.2) is 97.2 Å². The Labute approximate surface area is 266 Å². The quantitative estimate of drug-likeness (QED) is 0.200. The smallest absolute Gasteiger partial charge is 0.274 e. The van der Waals surface area contributed by atoms with Gasteiger partial charge < -0.3 is 19.5 Å². The molecular formula is C35H31Cl2N3O4. The Balaban J connectivity index is 1.46. The van der Waals surface area contributed by atoms with Gasteiger partial charge >= 0.3 is 0 Å². The number of aromatic nitrogens is 2. The molecule has 0 saturated heterocycles. The van der Waals surface area contributed by atoms with E-state index in [-0.39, 0.29) is 18.1 Å². The Bertz CT molecular complexity index is 1800. The first-order valence-electron chi connectivity index (χ1n) is 14.2. The molecule has 7 nitrogen and oxygen atoms in total. The van der Waals surface area contributed by atoms with Gasteiger partial charge in [-0.2, -0.15) is 0 Å². The molecule has 0 aliphatic heterocycles. The van der Waals surface area contributed by atoms with Crippen molar-refractivity contribution in [3.63, 3.8) is 0 Å². The number of fused-ring (bicyclic) bond motifs is 1. The second-order valence-electron chi connectivity index (χ2n) is 10.7. The number of rotatable bonds is 8. The van der Waals surface area contributed by atoms with E-state index in [4.69, 9.17) is 37.7 Å². The molecular weight excluding hydrogens is 597 g/mol. The summed E-state index contributed by atoms with van der Waals surface area (Å²) >= 11 is 12.8. The molecule has 1 aliphatic rings. The van der Waals surface area contributed by atoms with Crippen LogP contribution >= 0.6 is 23.2 Å². The molecule has 1 aliphatic carbocycles. The summed E-state index contributed by atoms with van der Waals surface area (Å²) < 4.78 is 12.9. The number of imidazole rings is 1. The summed E-state index contributed by atoms with van der Waals surface area (Å²) in [4.78, 5) is 21.2. The molecule has 0 radical (unpaired) electrons. The van der Waals surface area contributed by atoms with E-state index in [1.54, 1.807) is 49.6 Å². The van der Waals surface area contributed by atoms with E-state index in [1.807, 2.05) is 65.2 Å². The second-order valence-corrected chi connectivity index (χ2v) is 11.5. The summed E-state index contributed by atoms with van der Waals surface area (Å²) in [6, 6.07) is 27.7. The minimum atomic E-state index is -0.778. The van der Waals surface area contributed by atoms with E-state index in [0.717, 1.165) is 22.4 Å². The first kappa shape index (κ1) is 29.8. The van der Waals surface area contributed by atoms with Crippen LogP contribution in [0.4, 0.5) is 0 Å². The summed E-state index contributed by atoms with van der Waals surface area (Å²) in [6.45, 7) is 0.186. The van der Waals surface area contributed by atoms with Gasteiger partial charge in [-0.1, -0.05) is 59.6 Å². The van der Waals surface area contributed by atoms with Crippen LogP contribution in [-0.4, -0.2) is 51.8 Å². The third-order valence-electron chi connectivity index (χ3n) is 8.06. The number of benzene rings is 4. The van der Waals surface area contributed by atoms with E-state index >= 15 is 0 Å². The van der Waals surface area contributed by atoms with Crippen molar-refractivity contribution in [2.45, 2.75) is 31.5 Å². The lowest BCUT2D eigenvalue weighted by Crippen LogP contribution is -2.50. The molecule has 224 valence electrons. The average Bonchev–Trinajstić information content (AvgIpc) is 3.49. The van der Waals surface area contributed by atoms with Gasteiger partial charge in [0.25, 0.3) is 5.91 Å². The van der Waals surface area contributed by atoms with Crippen molar-refractivity contribution in [2.75, 3.05) is 14.2 Å². The Kier molecular flexibility index (Phi) is 8.62. The molecule has 2 atom stereocenters. The molecule has 44 heavy (non-hydrogen) atoms. The van der Waals surface area contributed by atoms with E-state index in [9.17, 15) is 9.90 Å². The molecule has 1 heterocycles. The molecule has 4 aromatic carbocycles. The van der Waals surface area contributed by atoms with Gasteiger partial charge in [0.1, 0.15) is 23.0 Å². The van der Waals surface area contributed by atoms with E-state index in [0.29, 0.717) is 45.8 Å². The zero-order valence-electron chi connectivity index (χ0n) is 24.3. The summed E-state index contributed by atoms with van der Waals surface area (Å²) in [5.74, 6) is 1.41. The molecule has 1 amide bonds. The highest BCUT2D eigenvalue weighted by Gasteiger charge is 2.36. The normalized spacial score (nSPS) is 15.8. The van der Waals surface area contributed by atoms with Gasteiger partial charge in [-0.05, 0) is 66.1 Å². The minimum absolute atomic E-state index is 0.186. The van der Waals surface area contributed by atoms with Crippen molar-refractivity contribution in [1.29, 1.82) is 0 Å². The number of aliphatic hydroxyl groups excluding tert-OH is 1. The number of carbonyl (C=O) groups excluding carboxylic acids is 1. The molecule has 0 saturated carbocycles. The summed E-state index contributed by atoms with van der Waals surface area (Å²) in [7, 11) is 3.17. The Morgan fingerprint density at radius 3 is 2.34 bits per heavy atom. The summed E-state index contributed by atoms with van der Waals surface area (Å²) in [5, 5.41) is 12.5. The maximum Gasteiger partial charge on any atom is 0.274 e. The number of halogens is 2. The van der Waals surface area contributed by atoms with E-state index in [2.05, 4.69) is 6.07 Å². The maximum absolute atomic E-state index is 14.6. The van der Waals surface area contributed by atoms with Gasteiger partial charge in [-0.25, -0.2) is 4.98 Å². The van der Waals surface area contributed by atoms with Gasteiger partial charge in [-0.3, -0.25) is 9.36 Å². The molecule has 6 rings (SSSR count). The van der Waals surface area contributed by atoms with Gasteiger partial charge in [-0.15, -0.1) is 0 Å². The lowest BCUT2D eigenvalue weighted by Gasteiger charge is -2.38. The number of methoxy groups -OCH3 is 2. The van der Waals surface area contributed by atoms with Crippen LogP contribution in [0, 0.1) is 0 Å². The van der Waals surface area contributed by atoms with Crippen molar-refractivity contribution in [3.05, 3.63) is 130 Å². The molecule has 9 heteroatoms. The molecule has 0 unspecified atom stereocenters. The molecule has 1 N–H and O–H groups in total. The number of amides is 1. The fourth-order valence-electron chi connectivity index (χ4n) is 5.76. The van der Waals surface area contributed by atoms with Crippen molar-refractivity contribution in [3.8, 4) is 28.6 Å². The lowest BCUT2D eigenvalue weighted by molar-refractivity contribution is 0.0286. The lowest BCUT2D eigenvalue weighted by atomic mass is 9.85. The number of hydrogen-bond donors (Lipinski definition) is 1. The van der Waals surface area contributed by atoms with Crippen LogP contribution in [0.5, 0.6) is 11.5 Å². The topological polar surface area (TPSA) is 76.8 Å². The highest BCUT2D eigenvalue weighted by molar-refractivity contribution is 6.33. The van der Waals surface area contributed by atoms with Gasteiger partial charge in [0.2, 0.25) is 0 Å². The van der Waals surface area contributed by atoms with E-state index in [1.165, 1.54) is 0 Å². The predicted molar refractivity (Wildman–Crippen MR) is 172 cm³/mol. The molecule has 0 spiro atoms. The van der Waals surface area contributed by atoms with Crippen LogP contribution in [-0.2, 0) is 19.4 Å². The average molecular weight is 629 g/mol. The van der Waals surface area contributed by atoms with Crippen molar-refractivity contribution >= 4 is 29.1 Å². The fraction of sp³-hybridized carbons (Fsp3) is 0.200. The van der Waals surface area contributed by atoms with Gasteiger partial charge in [0.15, 0.2) is 0 Å². The Morgan fingerprint density at radius 1 is 0.932 bits per heavy atom. The Morgan fingerprint density at radius 2 is 1.64 bits per heavy atom. The number of aliphatic hydroxyl groups is 1. The van der Waals surface area contributed by atoms with Crippen molar-refractivity contribution in [2.24, 2.45) is 0 Å². The first-order chi connectivity index (χ1) is 21.4. The zero-order chi connectivity index (χ0) is 30.8. The standard InChI is InChI=1S/C35H31Cl2N3O4/c1-43-27-16-11-24(33(19-27)44-2)20-40(31-17-22-7-3-4-8-23(22)18-32(31)41)35(42)30-21-39(26-14-12-25(36)13-15-26)34(38-30)28-9-5-6-10-29(28)37/h3-16,19,21,31-32,41H,17-18,20H2,1-2H3/t31-,32-/m1/s1. The third-order valence-corrected chi connectivity index (χ3v) is 8.64. The van der Waals surface area contributed by atoms with Gasteiger partial charge in [0, 0.05) is 40.5 Å². The third kappa shape index (κ3) is 5.91. The van der Waals surface area contributed by atoms with Crippen molar-refractivity contribution < 1.29 is 19.4 Å². The maximum atomic E-state index is 14.6. The molecule has 0 bridgehead atoms. The first-order valence-corrected chi connectivity index (χ1v) is 15.0. The van der Waals surface area contributed by atoms with Crippen LogP contribution in [0.25, 0.3) is 17.1 Å². The van der Waals surface area contributed by atoms with Gasteiger partial charge in [0.05, 0.1) is 37.9 Å².